The van der Waals surface area contributed by atoms with Gasteiger partial charge in [0.25, 0.3) is 0 Å². The summed E-state index contributed by atoms with van der Waals surface area (Å²) < 4.78 is 50.6. The van der Waals surface area contributed by atoms with Crippen LogP contribution in [-0.4, -0.2) is 19.6 Å². The Morgan fingerprint density at radius 1 is 1.18 bits per heavy atom. The molecule has 0 radical (unpaired) electrons. The largest absolute Gasteiger partial charge is 0.419 e. The van der Waals surface area contributed by atoms with Crippen molar-refractivity contribution in [3.63, 3.8) is 0 Å². The van der Waals surface area contributed by atoms with E-state index < -0.39 is 17.6 Å². The second-order valence-electron chi connectivity index (χ2n) is 3.95. The van der Waals surface area contributed by atoms with Gasteiger partial charge in [0.15, 0.2) is 0 Å². The lowest BCUT2D eigenvalue weighted by atomic mass is 10.0. The fourth-order valence-electron chi connectivity index (χ4n) is 1.87. The molecule has 0 spiro atoms. The highest BCUT2D eigenvalue weighted by Gasteiger charge is 2.34. The van der Waals surface area contributed by atoms with Crippen LogP contribution in [0.25, 0.3) is 0 Å². The van der Waals surface area contributed by atoms with Gasteiger partial charge in [0.05, 0.1) is 5.56 Å². The van der Waals surface area contributed by atoms with E-state index in [0.717, 1.165) is 18.7 Å². The quantitative estimate of drug-likeness (QED) is 0.743. The Labute approximate surface area is 96.0 Å². The van der Waals surface area contributed by atoms with E-state index in [1.54, 1.807) is 0 Å². The molecule has 1 saturated heterocycles. The van der Waals surface area contributed by atoms with E-state index in [1.165, 1.54) is 6.07 Å². The topological polar surface area (TPSA) is 24.1 Å². The molecule has 1 aliphatic heterocycles. The van der Waals surface area contributed by atoms with E-state index >= 15 is 0 Å². The van der Waals surface area contributed by atoms with Crippen LogP contribution < -0.4 is 10.6 Å². The van der Waals surface area contributed by atoms with Crippen LogP contribution in [0.15, 0.2) is 18.2 Å². The van der Waals surface area contributed by atoms with Crippen LogP contribution in [0.4, 0.5) is 17.6 Å². The molecule has 1 aromatic carbocycles. The first kappa shape index (κ1) is 12.3. The molecular formula is C11H12F4N2. The smallest absolute Gasteiger partial charge is 0.314 e. The molecule has 1 atom stereocenters. The zero-order valence-corrected chi connectivity index (χ0v) is 8.94. The summed E-state index contributed by atoms with van der Waals surface area (Å²) in [6, 6.07) is 2.93. The fourth-order valence-corrected chi connectivity index (χ4v) is 1.87. The van der Waals surface area contributed by atoms with E-state index in [9.17, 15) is 17.6 Å². The summed E-state index contributed by atoms with van der Waals surface area (Å²) in [5.74, 6) is -1.23. The SMILES string of the molecule is Fc1ccc(C2CNCCN2)cc1C(F)(F)F. The van der Waals surface area contributed by atoms with Crippen LogP contribution in [-0.2, 0) is 6.18 Å². The maximum absolute atomic E-state index is 13.1. The molecule has 1 aliphatic rings. The Bertz CT molecular complexity index is 397. The molecule has 6 heteroatoms. The zero-order chi connectivity index (χ0) is 12.5. The summed E-state index contributed by atoms with van der Waals surface area (Å²) in [6.07, 6.45) is -4.65. The first-order valence-corrected chi connectivity index (χ1v) is 5.29. The highest BCUT2D eigenvalue weighted by Crippen LogP contribution is 2.33. The van der Waals surface area contributed by atoms with Crippen molar-refractivity contribution in [2.75, 3.05) is 19.6 Å². The molecule has 0 amide bonds. The third-order valence-electron chi connectivity index (χ3n) is 2.74. The van der Waals surface area contributed by atoms with Gasteiger partial charge in [0, 0.05) is 25.7 Å². The van der Waals surface area contributed by atoms with Gasteiger partial charge < -0.3 is 10.6 Å². The Balaban J connectivity index is 2.30. The molecule has 0 aromatic heterocycles. The molecule has 17 heavy (non-hydrogen) atoms. The molecule has 1 heterocycles. The molecule has 0 bridgehead atoms. The molecular weight excluding hydrogens is 236 g/mol. The average Bonchev–Trinajstić information content (AvgIpc) is 2.29. The number of hydrogen-bond donors (Lipinski definition) is 2. The van der Waals surface area contributed by atoms with Gasteiger partial charge in [-0.2, -0.15) is 13.2 Å². The summed E-state index contributed by atoms with van der Waals surface area (Å²) in [5, 5.41) is 6.15. The van der Waals surface area contributed by atoms with Crippen LogP contribution in [0.2, 0.25) is 0 Å². The standard InChI is InChI=1S/C11H12F4N2/c12-9-2-1-7(5-8(9)11(13,14)15)10-6-16-3-4-17-10/h1-2,5,10,16-17H,3-4,6H2. The van der Waals surface area contributed by atoms with Crippen LogP contribution >= 0.6 is 0 Å². The maximum Gasteiger partial charge on any atom is 0.419 e. The minimum atomic E-state index is -4.65. The van der Waals surface area contributed by atoms with Crippen molar-refractivity contribution in [1.82, 2.24) is 10.6 Å². The summed E-state index contributed by atoms with van der Waals surface area (Å²) in [5.41, 5.74) is -0.756. The fraction of sp³-hybridized carbons (Fsp3) is 0.455. The third-order valence-corrected chi connectivity index (χ3v) is 2.74. The second kappa shape index (κ2) is 4.62. The molecule has 0 saturated carbocycles. The minimum absolute atomic E-state index is 0.203. The lowest BCUT2D eigenvalue weighted by molar-refractivity contribution is -0.140. The lowest BCUT2D eigenvalue weighted by Crippen LogP contribution is -2.42. The number of halogens is 4. The number of alkyl halides is 3. The van der Waals surface area contributed by atoms with Gasteiger partial charge in [-0.3, -0.25) is 0 Å². The monoisotopic (exact) mass is 248 g/mol. The molecule has 94 valence electrons. The van der Waals surface area contributed by atoms with Gasteiger partial charge in [0.2, 0.25) is 0 Å². The van der Waals surface area contributed by atoms with Crippen LogP contribution in [0.3, 0.4) is 0 Å². The van der Waals surface area contributed by atoms with Crippen molar-refractivity contribution in [2.24, 2.45) is 0 Å². The molecule has 1 unspecified atom stereocenters. The summed E-state index contributed by atoms with van der Waals surface area (Å²) in [4.78, 5) is 0. The Hall–Kier alpha value is -1.14. The van der Waals surface area contributed by atoms with Gasteiger partial charge in [-0.15, -0.1) is 0 Å². The van der Waals surface area contributed by atoms with Crippen LogP contribution in [0, 0.1) is 5.82 Å². The maximum atomic E-state index is 13.1. The Kier molecular flexibility index (Phi) is 3.35. The number of hydrogen-bond acceptors (Lipinski definition) is 2. The highest BCUT2D eigenvalue weighted by molar-refractivity contribution is 5.30. The summed E-state index contributed by atoms with van der Waals surface area (Å²) >= 11 is 0. The van der Waals surface area contributed by atoms with Crippen molar-refractivity contribution in [2.45, 2.75) is 12.2 Å². The average molecular weight is 248 g/mol. The Morgan fingerprint density at radius 3 is 2.53 bits per heavy atom. The summed E-state index contributed by atoms with van der Waals surface area (Å²) in [6.45, 7) is 2.01. The van der Waals surface area contributed by atoms with Crippen LogP contribution in [0.5, 0.6) is 0 Å². The zero-order valence-electron chi connectivity index (χ0n) is 8.94. The number of rotatable bonds is 1. The van der Waals surface area contributed by atoms with E-state index in [0.29, 0.717) is 18.7 Å². The summed E-state index contributed by atoms with van der Waals surface area (Å²) in [7, 11) is 0. The Morgan fingerprint density at radius 2 is 1.94 bits per heavy atom. The van der Waals surface area contributed by atoms with Gasteiger partial charge in [0.1, 0.15) is 5.82 Å². The minimum Gasteiger partial charge on any atom is -0.314 e. The van der Waals surface area contributed by atoms with Gasteiger partial charge in [-0.1, -0.05) is 6.07 Å². The third kappa shape index (κ3) is 2.76. The number of nitrogens with one attached hydrogen (secondary N) is 2. The van der Waals surface area contributed by atoms with Crippen molar-refractivity contribution in [3.05, 3.63) is 35.1 Å². The van der Waals surface area contributed by atoms with Crippen LogP contribution in [0.1, 0.15) is 17.2 Å². The molecule has 1 aromatic rings. The number of piperazine rings is 1. The molecule has 2 nitrogen and oxygen atoms in total. The predicted octanol–water partition coefficient (Wildman–Crippen LogP) is 2.08. The predicted molar refractivity (Wildman–Crippen MR) is 55.0 cm³/mol. The molecule has 2 rings (SSSR count). The van der Waals surface area contributed by atoms with E-state index in [2.05, 4.69) is 10.6 Å². The lowest BCUT2D eigenvalue weighted by Gasteiger charge is -2.25. The number of benzene rings is 1. The van der Waals surface area contributed by atoms with E-state index in [1.807, 2.05) is 0 Å². The van der Waals surface area contributed by atoms with Gasteiger partial charge >= 0.3 is 6.18 Å². The van der Waals surface area contributed by atoms with Crippen molar-refractivity contribution in [1.29, 1.82) is 0 Å². The highest BCUT2D eigenvalue weighted by atomic mass is 19.4. The van der Waals surface area contributed by atoms with Crippen molar-refractivity contribution >= 4 is 0 Å². The molecule has 1 fully saturated rings. The van der Waals surface area contributed by atoms with E-state index in [-0.39, 0.29) is 6.04 Å². The molecule has 2 N–H and O–H groups in total. The van der Waals surface area contributed by atoms with Gasteiger partial charge in [-0.25, -0.2) is 4.39 Å². The first-order valence-electron chi connectivity index (χ1n) is 5.29. The van der Waals surface area contributed by atoms with Gasteiger partial charge in [-0.05, 0) is 17.7 Å². The normalized spacial score (nSPS) is 21.5. The second-order valence-corrected chi connectivity index (χ2v) is 3.95. The van der Waals surface area contributed by atoms with E-state index in [4.69, 9.17) is 0 Å². The first-order chi connectivity index (χ1) is 7.98. The van der Waals surface area contributed by atoms with Crippen molar-refractivity contribution in [3.8, 4) is 0 Å². The van der Waals surface area contributed by atoms with Crippen molar-refractivity contribution < 1.29 is 17.6 Å². The molecule has 0 aliphatic carbocycles.